The third-order valence-electron chi connectivity index (χ3n) is 2.01. The molecule has 3 nitrogen and oxygen atoms in total. The largest absolute Gasteiger partial charge is 0.487 e. The second kappa shape index (κ2) is 5.23. The van der Waals surface area contributed by atoms with Gasteiger partial charge in [0.1, 0.15) is 12.4 Å². The predicted molar refractivity (Wildman–Crippen MR) is 69.1 cm³/mol. The van der Waals surface area contributed by atoms with E-state index in [4.69, 9.17) is 10.5 Å². The fourth-order valence-electron chi connectivity index (χ4n) is 1.28. The zero-order valence-corrected chi connectivity index (χ0v) is 10.5. The van der Waals surface area contributed by atoms with Gasteiger partial charge in [0.05, 0.1) is 4.88 Å². The smallest absolute Gasteiger partial charge is 0.180 e. The summed E-state index contributed by atoms with van der Waals surface area (Å²) in [5, 5.41) is 0.580. The maximum atomic E-state index is 5.72. The molecule has 5 heteroatoms. The topological polar surface area (TPSA) is 48.1 Å². The first-order valence-corrected chi connectivity index (χ1v) is 6.79. The first kappa shape index (κ1) is 11.3. The van der Waals surface area contributed by atoms with Crippen molar-refractivity contribution >= 4 is 28.2 Å². The Balaban J connectivity index is 2.04. The number of benzene rings is 1. The summed E-state index contributed by atoms with van der Waals surface area (Å²) in [7, 11) is 0. The second-order valence-corrected chi connectivity index (χ2v) is 5.10. The quantitative estimate of drug-likeness (QED) is 0.850. The van der Waals surface area contributed by atoms with Crippen LogP contribution in [-0.4, -0.2) is 11.2 Å². The fourth-order valence-corrected chi connectivity index (χ4v) is 2.42. The van der Waals surface area contributed by atoms with Crippen molar-refractivity contribution in [3.63, 3.8) is 0 Å². The molecule has 0 saturated carbocycles. The minimum atomic E-state index is 0.520. The zero-order chi connectivity index (χ0) is 11.4. The van der Waals surface area contributed by atoms with Gasteiger partial charge in [0, 0.05) is 11.1 Å². The van der Waals surface area contributed by atoms with Gasteiger partial charge < -0.3 is 10.5 Å². The number of ether oxygens (including phenoxy) is 1. The number of nitrogen functional groups attached to an aromatic ring is 1. The van der Waals surface area contributed by atoms with Crippen LogP contribution in [0.25, 0.3) is 0 Å². The summed E-state index contributed by atoms with van der Waals surface area (Å²) in [5.74, 6) is 0.905. The molecular formula is C11H12N2OS2. The molecule has 0 spiro atoms. The van der Waals surface area contributed by atoms with Crippen molar-refractivity contribution in [3.8, 4) is 5.75 Å². The molecule has 0 saturated heterocycles. The van der Waals surface area contributed by atoms with Crippen LogP contribution < -0.4 is 10.5 Å². The Morgan fingerprint density at radius 1 is 1.44 bits per heavy atom. The Morgan fingerprint density at radius 2 is 2.25 bits per heavy atom. The molecule has 0 amide bonds. The molecular weight excluding hydrogens is 240 g/mol. The molecule has 84 valence electrons. The van der Waals surface area contributed by atoms with Crippen LogP contribution in [-0.2, 0) is 6.61 Å². The summed E-state index contributed by atoms with van der Waals surface area (Å²) < 4.78 is 5.72. The average molecular weight is 252 g/mol. The molecule has 1 aromatic heterocycles. The Hall–Kier alpha value is -1.20. The van der Waals surface area contributed by atoms with E-state index in [2.05, 4.69) is 4.98 Å². The number of nitrogens with zero attached hydrogens (tertiary/aromatic N) is 1. The van der Waals surface area contributed by atoms with E-state index in [1.807, 2.05) is 30.5 Å². The van der Waals surface area contributed by atoms with Gasteiger partial charge in [-0.15, -0.1) is 11.8 Å². The van der Waals surface area contributed by atoms with Gasteiger partial charge in [-0.1, -0.05) is 23.5 Å². The lowest BCUT2D eigenvalue weighted by Gasteiger charge is -2.07. The van der Waals surface area contributed by atoms with Crippen LogP contribution in [0.2, 0.25) is 0 Å². The van der Waals surface area contributed by atoms with Crippen LogP contribution in [0.1, 0.15) is 4.88 Å². The summed E-state index contributed by atoms with van der Waals surface area (Å²) in [6.45, 7) is 0.520. The lowest BCUT2D eigenvalue weighted by atomic mass is 10.3. The number of anilines is 1. The minimum Gasteiger partial charge on any atom is -0.487 e. The molecule has 2 aromatic rings. The minimum absolute atomic E-state index is 0.520. The number of para-hydroxylation sites is 1. The molecule has 0 aliphatic carbocycles. The van der Waals surface area contributed by atoms with Crippen LogP contribution in [0.3, 0.4) is 0 Å². The molecule has 16 heavy (non-hydrogen) atoms. The van der Waals surface area contributed by atoms with Crippen molar-refractivity contribution in [2.24, 2.45) is 0 Å². The van der Waals surface area contributed by atoms with Crippen molar-refractivity contribution in [1.82, 2.24) is 4.98 Å². The van der Waals surface area contributed by atoms with E-state index in [1.54, 1.807) is 18.0 Å². The molecule has 2 N–H and O–H groups in total. The van der Waals surface area contributed by atoms with E-state index in [1.165, 1.54) is 11.3 Å². The van der Waals surface area contributed by atoms with Crippen molar-refractivity contribution in [3.05, 3.63) is 35.3 Å². The summed E-state index contributed by atoms with van der Waals surface area (Å²) in [6, 6.07) is 7.98. The van der Waals surface area contributed by atoms with E-state index in [-0.39, 0.29) is 0 Å². The lowest BCUT2D eigenvalue weighted by molar-refractivity contribution is 0.302. The fraction of sp³-hybridized carbons (Fsp3) is 0.182. The predicted octanol–water partition coefficient (Wildman–Crippen LogP) is 3.03. The van der Waals surface area contributed by atoms with E-state index in [9.17, 15) is 0 Å². The number of nitrogens with two attached hydrogens (primary N) is 1. The van der Waals surface area contributed by atoms with Gasteiger partial charge in [-0.25, -0.2) is 4.98 Å². The standard InChI is InChI=1S/C11H12N2OS2/c1-15-10-5-3-2-4-9(10)14-7-8-6-13-11(12)16-8/h2-6H,7H2,1H3,(H2,12,13). The van der Waals surface area contributed by atoms with Crippen LogP contribution in [0.5, 0.6) is 5.75 Å². The van der Waals surface area contributed by atoms with Gasteiger partial charge in [-0.2, -0.15) is 0 Å². The average Bonchev–Trinajstić information content (AvgIpc) is 2.73. The Morgan fingerprint density at radius 3 is 2.94 bits per heavy atom. The van der Waals surface area contributed by atoms with Crippen molar-refractivity contribution in [2.45, 2.75) is 11.5 Å². The Kier molecular flexibility index (Phi) is 3.69. The monoisotopic (exact) mass is 252 g/mol. The van der Waals surface area contributed by atoms with Gasteiger partial charge in [-0.05, 0) is 18.4 Å². The Labute approximate surface area is 103 Å². The molecule has 0 unspecified atom stereocenters. The molecule has 2 rings (SSSR count). The third kappa shape index (κ3) is 2.68. The van der Waals surface area contributed by atoms with Crippen LogP contribution >= 0.6 is 23.1 Å². The number of thioether (sulfide) groups is 1. The highest BCUT2D eigenvalue weighted by Gasteiger charge is 2.03. The maximum absolute atomic E-state index is 5.72. The maximum Gasteiger partial charge on any atom is 0.180 e. The SMILES string of the molecule is CSc1ccccc1OCc1cnc(N)s1. The van der Waals surface area contributed by atoms with E-state index < -0.39 is 0 Å². The van der Waals surface area contributed by atoms with Gasteiger partial charge in [0.2, 0.25) is 0 Å². The van der Waals surface area contributed by atoms with Gasteiger partial charge >= 0.3 is 0 Å². The number of aromatic nitrogens is 1. The van der Waals surface area contributed by atoms with Crippen LogP contribution in [0.4, 0.5) is 5.13 Å². The summed E-state index contributed by atoms with van der Waals surface area (Å²) in [6.07, 6.45) is 3.79. The van der Waals surface area contributed by atoms with Crippen molar-refractivity contribution in [2.75, 3.05) is 12.0 Å². The highest BCUT2D eigenvalue weighted by atomic mass is 32.2. The number of thiazole rings is 1. The molecule has 0 aliphatic rings. The summed E-state index contributed by atoms with van der Waals surface area (Å²) >= 11 is 3.13. The normalized spacial score (nSPS) is 10.3. The molecule has 0 atom stereocenters. The molecule has 0 fully saturated rings. The lowest BCUT2D eigenvalue weighted by Crippen LogP contribution is -1.93. The molecule has 1 aromatic carbocycles. The third-order valence-corrected chi connectivity index (χ3v) is 3.59. The Bertz CT molecular complexity index is 471. The first-order chi connectivity index (χ1) is 7.79. The van der Waals surface area contributed by atoms with E-state index >= 15 is 0 Å². The van der Waals surface area contributed by atoms with E-state index in [0.717, 1.165) is 15.5 Å². The number of rotatable bonds is 4. The van der Waals surface area contributed by atoms with Gasteiger partial charge in [-0.3, -0.25) is 0 Å². The zero-order valence-electron chi connectivity index (χ0n) is 8.84. The van der Waals surface area contributed by atoms with Crippen LogP contribution in [0, 0.1) is 0 Å². The second-order valence-electron chi connectivity index (χ2n) is 3.10. The molecule has 0 aliphatic heterocycles. The van der Waals surface area contributed by atoms with Gasteiger partial charge in [0.15, 0.2) is 5.13 Å². The van der Waals surface area contributed by atoms with Crippen molar-refractivity contribution in [1.29, 1.82) is 0 Å². The highest BCUT2D eigenvalue weighted by Crippen LogP contribution is 2.28. The van der Waals surface area contributed by atoms with Crippen LogP contribution in [0.15, 0.2) is 35.4 Å². The molecule has 0 bridgehead atoms. The number of hydrogen-bond acceptors (Lipinski definition) is 5. The van der Waals surface area contributed by atoms with Gasteiger partial charge in [0.25, 0.3) is 0 Å². The summed E-state index contributed by atoms with van der Waals surface area (Å²) in [5.41, 5.74) is 5.55. The van der Waals surface area contributed by atoms with Crippen molar-refractivity contribution < 1.29 is 4.74 Å². The van der Waals surface area contributed by atoms with E-state index in [0.29, 0.717) is 11.7 Å². The highest BCUT2D eigenvalue weighted by molar-refractivity contribution is 7.98. The first-order valence-electron chi connectivity index (χ1n) is 4.75. The molecule has 0 radical (unpaired) electrons. The summed E-state index contributed by atoms with van der Waals surface area (Å²) in [4.78, 5) is 6.16. The molecule has 1 heterocycles. The number of hydrogen-bond donors (Lipinski definition) is 1.